The Labute approximate surface area is 204 Å². The van der Waals surface area contributed by atoms with E-state index in [1.54, 1.807) is 38.1 Å². The number of esters is 1. The molecule has 174 valence electrons. The van der Waals surface area contributed by atoms with Gasteiger partial charge in [0.05, 0.1) is 27.9 Å². The molecule has 1 saturated heterocycles. The molecule has 0 bridgehead atoms. The van der Waals surface area contributed by atoms with Gasteiger partial charge in [-0.15, -0.1) is 0 Å². The summed E-state index contributed by atoms with van der Waals surface area (Å²) in [6, 6.07) is 9.13. The van der Waals surface area contributed by atoms with Gasteiger partial charge in [-0.25, -0.2) is 9.79 Å². The van der Waals surface area contributed by atoms with Gasteiger partial charge in [0.25, 0.3) is 0 Å². The van der Waals surface area contributed by atoms with Crippen molar-refractivity contribution < 1.29 is 24.2 Å². The van der Waals surface area contributed by atoms with Gasteiger partial charge >= 0.3 is 5.97 Å². The number of phenolic OH excluding ortho intramolecular Hbond substituents is 1. The third kappa shape index (κ3) is 5.98. The normalized spacial score (nSPS) is 17.2. The highest BCUT2D eigenvalue weighted by Crippen LogP contribution is 2.37. The number of phenols is 1. The fourth-order valence-electron chi connectivity index (χ4n) is 3.01. The zero-order chi connectivity index (χ0) is 24.1. The van der Waals surface area contributed by atoms with Crippen LogP contribution in [0.4, 0.5) is 11.4 Å². The Morgan fingerprint density at radius 2 is 1.85 bits per heavy atom. The molecule has 33 heavy (non-hydrogen) atoms. The molecular formula is C22H21Cl2N3O5S. The molecule has 1 aliphatic rings. The molecular weight excluding hydrogens is 489 g/mol. The Morgan fingerprint density at radius 1 is 1.21 bits per heavy atom. The molecule has 1 unspecified atom stereocenters. The first-order valence-corrected chi connectivity index (χ1v) is 11.7. The number of rotatable bonds is 6. The predicted molar refractivity (Wildman–Crippen MR) is 130 cm³/mol. The number of hydrogen-bond donors (Lipinski definition) is 2. The van der Waals surface area contributed by atoms with Crippen LogP contribution in [0, 0.1) is 0 Å². The quantitative estimate of drug-likeness (QED) is 0.538. The number of aromatic hydroxyl groups is 1. The summed E-state index contributed by atoms with van der Waals surface area (Å²) in [4.78, 5) is 43.2. The summed E-state index contributed by atoms with van der Waals surface area (Å²) in [5.74, 6) is -1.32. The van der Waals surface area contributed by atoms with Crippen LogP contribution in [0.5, 0.6) is 5.75 Å². The lowest BCUT2D eigenvalue weighted by Gasteiger charge is -2.31. The van der Waals surface area contributed by atoms with Crippen LogP contribution in [0.25, 0.3) is 0 Å². The van der Waals surface area contributed by atoms with Crippen LogP contribution in [0.3, 0.4) is 0 Å². The number of ether oxygens (including phenoxy) is 1. The van der Waals surface area contributed by atoms with Crippen LogP contribution < -0.4 is 5.32 Å². The van der Waals surface area contributed by atoms with Gasteiger partial charge in [-0.1, -0.05) is 35.0 Å². The zero-order valence-electron chi connectivity index (χ0n) is 17.8. The number of anilines is 1. The first kappa shape index (κ1) is 24.9. The molecule has 0 saturated carbocycles. The highest BCUT2D eigenvalue weighted by molar-refractivity contribution is 8.15. The van der Waals surface area contributed by atoms with Crippen LogP contribution in [0.15, 0.2) is 41.4 Å². The number of nitrogens with zero attached hydrogens (tertiary/aromatic N) is 2. The SMILES string of the molecule is CCOC(=O)c1ccc(NC(=O)C2CC(=O)N(CC)C(=Nc3cc(Cl)c(O)c(Cl)c3)S2)cc1. The Balaban J connectivity index is 1.78. The van der Waals surface area contributed by atoms with Gasteiger partial charge in [0.2, 0.25) is 11.8 Å². The van der Waals surface area contributed by atoms with Crippen molar-refractivity contribution in [1.82, 2.24) is 4.90 Å². The fraction of sp³-hybridized carbons (Fsp3) is 0.273. The monoisotopic (exact) mass is 509 g/mol. The Morgan fingerprint density at radius 3 is 2.42 bits per heavy atom. The summed E-state index contributed by atoms with van der Waals surface area (Å²) in [7, 11) is 0. The molecule has 2 aromatic rings. The molecule has 0 aromatic heterocycles. The lowest BCUT2D eigenvalue weighted by molar-refractivity contribution is -0.129. The molecule has 1 fully saturated rings. The number of thioether (sulfide) groups is 1. The molecule has 0 radical (unpaired) electrons. The molecule has 1 aliphatic heterocycles. The molecule has 3 rings (SSSR count). The average Bonchev–Trinajstić information content (AvgIpc) is 2.78. The number of amidine groups is 1. The van der Waals surface area contributed by atoms with Crippen LogP contribution in [0.2, 0.25) is 10.0 Å². The van der Waals surface area contributed by atoms with Crippen molar-refractivity contribution in [2.24, 2.45) is 4.99 Å². The molecule has 1 heterocycles. The number of amides is 2. The van der Waals surface area contributed by atoms with Gasteiger partial charge in [0.15, 0.2) is 10.9 Å². The fourth-order valence-corrected chi connectivity index (χ4v) is 4.64. The molecule has 0 aliphatic carbocycles. The van der Waals surface area contributed by atoms with Crippen LogP contribution >= 0.6 is 35.0 Å². The van der Waals surface area contributed by atoms with E-state index in [0.29, 0.717) is 28.7 Å². The van der Waals surface area contributed by atoms with Crippen molar-refractivity contribution in [1.29, 1.82) is 0 Å². The molecule has 2 amide bonds. The van der Waals surface area contributed by atoms with Crippen molar-refractivity contribution in [2.75, 3.05) is 18.5 Å². The number of carbonyl (C=O) groups excluding carboxylic acids is 3. The standard InChI is InChI=1S/C22H21Cl2N3O5S/c1-3-27-18(28)11-17(33-22(27)26-14-9-15(23)19(29)16(24)10-14)20(30)25-13-7-5-12(6-8-13)21(31)32-4-2/h5-10,17,29H,3-4,11H2,1-2H3,(H,25,30). The maximum atomic E-state index is 12.9. The van der Waals surface area contributed by atoms with E-state index in [0.717, 1.165) is 11.8 Å². The molecule has 2 aromatic carbocycles. The van der Waals surface area contributed by atoms with Gasteiger partial charge in [0, 0.05) is 18.7 Å². The van der Waals surface area contributed by atoms with Crippen LogP contribution in [0.1, 0.15) is 30.6 Å². The second-order valence-corrected chi connectivity index (χ2v) is 8.87. The summed E-state index contributed by atoms with van der Waals surface area (Å²) >= 11 is 13.1. The van der Waals surface area contributed by atoms with Gasteiger partial charge < -0.3 is 15.2 Å². The number of nitrogens with one attached hydrogen (secondary N) is 1. The highest BCUT2D eigenvalue weighted by atomic mass is 35.5. The van der Waals surface area contributed by atoms with E-state index in [4.69, 9.17) is 27.9 Å². The molecule has 11 heteroatoms. The first-order valence-electron chi connectivity index (χ1n) is 10.0. The first-order chi connectivity index (χ1) is 15.7. The van der Waals surface area contributed by atoms with E-state index in [9.17, 15) is 19.5 Å². The minimum Gasteiger partial charge on any atom is -0.505 e. The van der Waals surface area contributed by atoms with E-state index >= 15 is 0 Å². The number of halogens is 2. The second kappa shape index (κ2) is 10.9. The van der Waals surface area contributed by atoms with Gasteiger partial charge in [-0.05, 0) is 50.2 Å². The Bertz CT molecular complexity index is 1080. The van der Waals surface area contributed by atoms with E-state index in [1.807, 2.05) is 0 Å². The van der Waals surface area contributed by atoms with Crippen molar-refractivity contribution in [3.8, 4) is 5.75 Å². The van der Waals surface area contributed by atoms with Gasteiger partial charge in [-0.2, -0.15) is 0 Å². The van der Waals surface area contributed by atoms with E-state index < -0.39 is 11.2 Å². The summed E-state index contributed by atoms with van der Waals surface area (Å²) in [5, 5.41) is 12.2. The molecule has 1 atom stereocenters. The summed E-state index contributed by atoms with van der Waals surface area (Å²) < 4.78 is 4.94. The minimum absolute atomic E-state index is 0.00135. The van der Waals surface area contributed by atoms with E-state index in [1.165, 1.54) is 17.0 Å². The molecule has 8 nitrogen and oxygen atoms in total. The minimum atomic E-state index is -0.716. The summed E-state index contributed by atoms with van der Waals surface area (Å²) in [6.07, 6.45) is 0.00135. The van der Waals surface area contributed by atoms with Crippen molar-refractivity contribution in [3.05, 3.63) is 52.0 Å². The summed E-state index contributed by atoms with van der Waals surface area (Å²) in [6.45, 7) is 4.16. The molecule has 0 spiro atoms. The smallest absolute Gasteiger partial charge is 0.338 e. The Kier molecular flexibility index (Phi) is 8.23. The lowest BCUT2D eigenvalue weighted by Crippen LogP contribution is -2.45. The maximum absolute atomic E-state index is 12.9. The van der Waals surface area contributed by atoms with Crippen LogP contribution in [-0.2, 0) is 14.3 Å². The third-order valence-electron chi connectivity index (χ3n) is 4.64. The topological polar surface area (TPSA) is 108 Å². The maximum Gasteiger partial charge on any atom is 0.338 e. The van der Waals surface area contributed by atoms with Crippen molar-refractivity contribution in [3.63, 3.8) is 0 Å². The summed E-state index contributed by atoms with van der Waals surface area (Å²) in [5.41, 5.74) is 1.19. The van der Waals surface area contributed by atoms with Crippen molar-refractivity contribution in [2.45, 2.75) is 25.5 Å². The Hall–Kier alpha value is -2.75. The second-order valence-electron chi connectivity index (χ2n) is 6.89. The number of carbonyl (C=O) groups is 3. The number of benzene rings is 2. The van der Waals surface area contributed by atoms with E-state index in [2.05, 4.69) is 10.3 Å². The lowest BCUT2D eigenvalue weighted by atomic mass is 10.2. The van der Waals surface area contributed by atoms with Crippen molar-refractivity contribution >= 4 is 69.3 Å². The molecule has 2 N–H and O–H groups in total. The average molecular weight is 510 g/mol. The van der Waals surface area contributed by atoms with E-state index in [-0.39, 0.29) is 40.6 Å². The van der Waals surface area contributed by atoms with Crippen LogP contribution in [-0.4, -0.2) is 51.4 Å². The largest absolute Gasteiger partial charge is 0.505 e. The zero-order valence-corrected chi connectivity index (χ0v) is 20.1. The predicted octanol–water partition coefficient (Wildman–Crippen LogP) is 4.86. The highest BCUT2D eigenvalue weighted by Gasteiger charge is 2.35. The van der Waals surface area contributed by atoms with Gasteiger partial charge in [0.1, 0.15) is 5.25 Å². The number of hydrogen-bond acceptors (Lipinski definition) is 7. The van der Waals surface area contributed by atoms with Gasteiger partial charge in [-0.3, -0.25) is 14.5 Å². The third-order valence-corrected chi connectivity index (χ3v) is 6.40. The number of aliphatic imine (C=N–C) groups is 1.